The highest BCUT2D eigenvalue weighted by Gasteiger charge is 2.11. The minimum Gasteiger partial charge on any atom is -0.381 e. The monoisotopic (exact) mass is 267 g/mol. The zero-order valence-corrected chi connectivity index (χ0v) is 11.3. The zero-order chi connectivity index (χ0) is 13.3. The Kier molecular flexibility index (Phi) is 3.57. The number of anilines is 1. The fourth-order valence-corrected chi connectivity index (χ4v) is 2.13. The van der Waals surface area contributed by atoms with Crippen LogP contribution in [0.15, 0.2) is 18.2 Å². The van der Waals surface area contributed by atoms with E-state index in [1.165, 1.54) is 12.1 Å². The molecule has 0 spiro atoms. The van der Waals surface area contributed by atoms with Crippen molar-refractivity contribution in [1.29, 1.82) is 0 Å². The van der Waals surface area contributed by atoms with Crippen LogP contribution in [0.3, 0.4) is 0 Å². The van der Waals surface area contributed by atoms with Crippen molar-refractivity contribution in [3.63, 3.8) is 0 Å². The first-order chi connectivity index (χ1) is 8.49. The first-order valence-corrected chi connectivity index (χ1v) is 6.05. The van der Waals surface area contributed by atoms with Gasteiger partial charge in [0, 0.05) is 24.8 Å². The van der Waals surface area contributed by atoms with Crippen molar-refractivity contribution < 1.29 is 4.39 Å². The third kappa shape index (κ3) is 2.48. The summed E-state index contributed by atoms with van der Waals surface area (Å²) in [4.78, 5) is 0. The average Bonchev–Trinajstić information content (AvgIpc) is 2.53. The molecule has 0 fully saturated rings. The molecule has 0 radical (unpaired) electrons. The lowest BCUT2D eigenvalue weighted by Crippen LogP contribution is -2.02. The van der Waals surface area contributed by atoms with E-state index in [9.17, 15) is 4.39 Å². The second-order valence-electron chi connectivity index (χ2n) is 4.29. The van der Waals surface area contributed by atoms with Crippen LogP contribution < -0.4 is 5.32 Å². The summed E-state index contributed by atoms with van der Waals surface area (Å²) < 4.78 is 14.6. The van der Waals surface area contributed by atoms with Gasteiger partial charge in [-0.25, -0.2) is 4.39 Å². The van der Waals surface area contributed by atoms with E-state index in [1.54, 1.807) is 10.7 Å². The number of benzene rings is 1. The number of rotatable bonds is 3. The van der Waals surface area contributed by atoms with Crippen molar-refractivity contribution in [2.45, 2.75) is 20.4 Å². The number of nitrogens with zero attached hydrogens (tertiary/aromatic N) is 2. The Hall–Kier alpha value is -1.55. The molecule has 96 valence electrons. The number of aryl methyl sites for hydroxylation is 3. The Labute approximate surface area is 111 Å². The predicted molar refractivity (Wildman–Crippen MR) is 71.4 cm³/mol. The van der Waals surface area contributed by atoms with Crippen molar-refractivity contribution in [3.05, 3.63) is 46.0 Å². The standard InChI is InChI=1S/C13H15ClFN3/c1-8-6-10(15)4-5-12(8)16-7-11-9(2)17-18(3)13(11)14/h4-6,16H,7H2,1-3H3. The van der Waals surface area contributed by atoms with Gasteiger partial charge in [0.05, 0.1) is 5.69 Å². The van der Waals surface area contributed by atoms with Crippen molar-refractivity contribution in [2.24, 2.45) is 7.05 Å². The molecule has 1 heterocycles. The van der Waals surface area contributed by atoms with Crippen LogP contribution in [0, 0.1) is 19.7 Å². The zero-order valence-electron chi connectivity index (χ0n) is 10.6. The van der Waals surface area contributed by atoms with Crippen molar-refractivity contribution >= 4 is 17.3 Å². The lowest BCUT2D eigenvalue weighted by atomic mass is 10.2. The van der Waals surface area contributed by atoms with E-state index in [4.69, 9.17) is 11.6 Å². The van der Waals surface area contributed by atoms with Gasteiger partial charge in [0.2, 0.25) is 0 Å². The molecule has 5 heteroatoms. The van der Waals surface area contributed by atoms with Crippen LogP contribution in [-0.2, 0) is 13.6 Å². The van der Waals surface area contributed by atoms with E-state index in [0.717, 1.165) is 22.5 Å². The molecule has 1 aromatic carbocycles. The van der Waals surface area contributed by atoms with E-state index in [1.807, 2.05) is 20.9 Å². The lowest BCUT2D eigenvalue weighted by molar-refractivity contribution is 0.627. The maximum absolute atomic E-state index is 13.0. The normalized spacial score (nSPS) is 10.7. The fourth-order valence-electron chi connectivity index (χ4n) is 1.88. The molecule has 0 unspecified atom stereocenters. The number of hydrogen-bond acceptors (Lipinski definition) is 2. The molecule has 0 atom stereocenters. The molecule has 0 aliphatic rings. The molecule has 0 amide bonds. The van der Waals surface area contributed by atoms with Gasteiger partial charge in [-0.05, 0) is 37.6 Å². The Balaban J connectivity index is 2.16. The molecule has 1 aromatic heterocycles. The van der Waals surface area contributed by atoms with Crippen LogP contribution >= 0.6 is 11.6 Å². The molecule has 0 aliphatic heterocycles. The Morgan fingerprint density at radius 2 is 2.11 bits per heavy atom. The maximum Gasteiger partial charge on any atom is 0.131 e. The van der Waals surface area contributed by atoms with Crippen LogP contribution in [0.25, 0.3) is 0 Å². The molecule has 0 bridgehead atoms. The lowest BCUT2D eigenvalue weighted by Gasteiger charge is -2.09. The third-order valence-corrected chi connectivity index (χ3v) is 3.39. The quantitative estimate of drug-likeness (QED) is 0.923. The number of hydrogen-bond donors (Lipinski definition) is 1. The topological polar surface area (TPSA) is 29.9 Å². The summed E-state index contributed by atoms with van der Waals surface area (Å²) >= 11 is 6.15. The largest absolute Gasteiger partial charge is 0.381 e. The molecule has 2 aromatic rings. The second kappa shape index (κ2) is 4.98. The molecule has 18 heavy (non-hydrogen) atoms. The van der Waals surface area contributed by atoms with Crippen LogP contribution in [0.5, 0.6) is 0 Å². The van der Waals surface area contributed by atoms with Gasteiger partial charge < -0.3 is 5.32 Å². The minimum absolute atomic E-state index is 0.228. The molecule has 0 saturated heterocycles. The summed E-state index contributed by atoms with van der Waals surface area (Å²) in [5.74, 6) is -0.228. The summed E-state index contributed by atoms with van der Waals surface area (Å²) in [7, 11) is 1.81. The molecular formula is C13H15ClFN3. The first kappa shape index (κ1) is 12.9. The van der Waals surface area contributed by atoms with Gasteiger partial charge in [0.1, 0.15) is 11.0 Å². The van der Waals surface area contributed by atoms with Gasteiger partial charge in [-0.15, -0.1) is 0 Å². The highest BCUT2D eigenvalue weighted by molar-refractivity contribution is 6.30. The van der Waals surface area contributed by atoms with E-state index in [-0.39, 0.29) is 5.82 Å². The number of aromatic nitrogens is 2. The summed E-state index contributed by atoms with van der Waals surface area (Å²) in [6, 6.07) is 4.66. The van der Waals surface area contributed by atoms with Crippen molar-refractivity contribution in [1.82, 2.24) is 9.78 Å². The highest BCUT2D eigenvalue weighted by Crippen LogP contribution is 2.21. The first-order valence-electron chi connectivity index (χ1n) is 5.67. The molecule has 0 aliphatic carbocycles. The smallest absolute Gasteiger partial charge is 0.131 e. The van der Waals surface area contributed by atoms with E-state index >= 15 is 0 Å². The fraction of sp³-hybridized carbons (Fsp3) is 0.308. The maximum atomic E-state index is 13.0. The second-order valence-corrected chi connectivity index (χ2v) is 4.65. The van der Waals surface area contributed by atoms with Crippen molar-refractivity contribution in [3.8, 4) is 0 Å². The average molecular weight is 268 g/mol. The number of halogens is 2. The van der Waals surface area contributed by atoms with Crippen molar-refractivity contribution in [2.75, 3.05) is 5.32 Å². The summed E-state index contributed by atoms with van der Waals surface area (Å²) in [6.45, 7) is 4.36. The summed E-state index contributed by atoms with van der Waals surface area (Å²) in [6.07, 6.45) is 0. The molecule has 2 rings (SSSR count). The third-order valence-electron chi connectivity index (χ3n) is 2.91. The molecular weight excluding hydrogens is 253 g/mol. The van der Waals surface area contributed by atoms with Gasteiger partial charge in [-0.3, -0.25) is 4.68 Å². The van der Waals surface area contributed by atoms with Crippen LogP contribution in [0.2, 0.25) is 5.15 Å². The molecule has 0 saturated carbocycles. The van der Waals surface area contributed by atoms with Gasteiger partial charge >= 0.3 is 0 Å². The van der Waals surface area contributed by atoms with Crippen LogP contribution in [-0.4, -0.2) is 9.78 Å². The van der Waals surface area contributed by atoms with Crippen LogP contribution in [0.1, 0.15) is 16.8 Å². The van der Waals surface area contributed by atoms with Gasteiger partial charge in [0.25, 0.3) is 0 Å². The SMILES string of the molecule is Cc1cc(F)ccc1NCc1c(C)nn(C)c1Cl. The van der Waals surface area contributed by atoms with E-state index in [0.29, 0.717) is 11.7 Å². The van der Waals surface area contributed by atoms with E-state index in [2.05, 4.69) is 10.4 Å². The molecule has 3 nitrogen and oxygen atoms in total. The van der Waals surface area contributed by atoms with Gasteiger partial charge in [0.15, 0.2) is 0 Å². The highest BCUT2D eigenvalue weighted by atomic mass is 35.5. The Morgan fingerprint density at radius 1 is 1.39 bits per heavy atom. The summed E-state index contributed by atoms with van der Waals surface area (Å²) in [5, 5.41) is 8.12. The summed E-state index contributed by atoms with van der Waals surface area (Å²) in [5.41, 5.74) is 3.63. The van der Waals surface area contributed by atoms with Crippen LogP contribution in [0.4, 0.5) is 10.1 Å². The predicted octanol–water partition coefficient (Wildman–Crippen LogP) is 3.44. The minimum atomic E-state index is -0.228. The Bertz CT molecular complexity index is 578. The Morgan fingerprint density at radius 3 is 2.67 bits per heavy atom. The number of nitrogens with one attached hydrogen (secondary N) is 1. The van der Waals surface area contributed by atoms with E-state index < -0.39 is 0 Å². The molecule has 1 N–H and O–H groups in total. The van der Waals surface area contributed by atoms with Gasteiger partial charge in [-0.2, -0.15) is 5.10 Å². The van der Waals surface area contributed by atoms with Gasteiger partial charge in [-0.1, -0.05) is 11.6 Å².